The first kappa shape index (κ1) is 12.4. The Morgan fingerprint density at radius 3 is 2.35 bits per heavy atom. The zero-order chi connectivity index (χ0) is 12.5. The highest BCUT2D eigenvalue weighted by atomic mass is 16.5. The molecule has 2 nitrogen and oxygen atoms in total. The van der Waals surface area contributed by atoms with E-state index in [1.165, 1.54) is 24.9 Å². The predicted octanol–water partition coefficient (Wildman–Crippen LogP) is 3.63. The molecule has 0 bridgehead atoms. The van der Waals surface area contributed by atoms with Crippen molar-refractivity contribution in [3.8, 4) is 5.75 Å². The lowest BCUT2D eigenvalue weighted by molar-refractivity contribution is 0.121. The molecule has 2 rings (SSSR count). The van der Waals surface area contributed by atoms with E-state index < -0.39 is 0 Å². The van der Waals surface area contributed by atoms with Gasteiger partial charge in [0.25, 0.3) is 0 Å². The summed E-state index contributed by atoms with van der Waals surface area (Å²) in [5.41, 5.74) is 1.67. The van der Waals surface area contributed by atoms with Crippen molar-refractivity contribution >= 4 is 0 Å². The Hall–Kier alpha value is -1.02. The van der Waals surface area contributed by atoms with Gasteiger partial charge in [-0.3, -0.25) is 4.90 Å². The fourth-order valence-electron chi connectivity index (χ4n) is 2.74. The van der Waals surface area contributed by atoms with Crippen molar-refractivity contribution in [2.75, 3.05) is 13.7 Å². The third-order valence-electron chi connectivity index (χ3n) is 3.62. The monoisotopic (exact) mass is 233 g/mol. The Balaban J connectivity index is 2.20. The normalized spacial score (nSPS) is 21.8. The zero-order valence-electron chi connectivity index (χ0n) is 11.4. The van der Waals surface area contributed by atoms with E-state index in [-0.39, 0.29) is 5.54 Å². The minimum atomic E-state index is 0.251. The van der Waals surface area contributed by atoms with Crippen LogP contribution in [-0.4, -0.2) is 24.1 Å². The van der Waals surface area contributed by atoms with Crippen LogP contribution in [0.4, 0.5) is 0 Å². The van der Waals surface area contributed by atoms with Crippen LogP contribution in [0.25, 0.3) is 0 Å². The van der Waals surface area contributed by atoms with E-state index in [9.17, 15) is 0 Å². The van der Waals surface area contributed by atoms with E-state index in [4.69, 9.17) is 4.74 Å². The highest BCUT2D eigenvalue weighted by molar-refractivity contribution is 5.29. The number of hydrogen-bond acceptors (Lipinski definition) is 2. The lowest BCUT2D eigenvalue weighted by Crippen LogP contribution is -2.40. The molecule has 0 N–H and O–H groups in total. The third kappa shape index (κ3) is 2.63. The SMILES string of the molecule is COc1ccc(C2CCCN2C(C)(C)C)cc1. The average molecular weight is 233 g/mol. The average Bonchev–Trinajstić information content (AvgIpc) is 2.78. The summed E-state index contributed by atoms with van der Waals surface area (Å²) in [5.74, 6) is 0.939. The van der Waals surface area contributed by atoms with Crippen LogP contribution in [0.2, 0.25) is 0 Å². The first-order chi connectivity index (χ1) is 8.02. The largest absolute Gasteiger partial charge is 0.497 e. The lowest BCUT2D eigenvalue weighted by atomic mass is 9.99. The van der Waals surface area contributed by atoms with E-state index in [1.54, 1.807) is 7.11 Å². The van der Waals surface area contributed by atoms with Crippen LogP contribution < -0.4 is 4.74 Å². The van der Waals surface area contributed by atoms with Crippen molar-refractivity contribution in [1.82, 2.24) is 4.90 Å². The van der Waals surface area contributed by atoms with Crippen LogP contribution in [0, 0.1) is 0 Å². The Kier molecular flexibility index (Phi) is 3.43. The fourth-order valence-corrected chi connectivity index (χ4v) is 2.74. The number of ether oxygens (including phenoxy) is 1. The van der Waals surface area contributed by atoms with Gasteiger partial charge in [0.2, 0.25) is 0 Å². The van der Waals surface area contributed by atoms with Crippen LogP contribution in [0.1, 0.15) is 45.2 Å². The van der Waals surface area contributed by atoms with E-state index in [0.717, 1.165) is 5.75 Å². The predicted molar refractivity (Wildman–Crippen MR) is 71.4 cm³/mol. The summed E-state index contributed by atoms with van der Waals surface area (Å²) in [6, 6.07) is 9.10. The van der Waals surface area contributed by atoms with Crippen LogP contribution >= 0.6 is 0 Å². The fraction of sp³-hybridized carbons (Fsp3) is 0.600. The van der Waals surface area contributed by atoms with Gasteiger partial charge in [-0.05, 0) is 57.9 Å². The van der Waals surface area contributed by atoms with E-state index in [0.29, 0.717) is 6.04 Å². The molecule has 1 fully saturated rings. The highest BCUT2D eigenvalue weighted by Crippen LogP contribution is 2.37. The number of rotatable bonds is 2. The number of benzene rings is 1. The summed E-state index contributed by atoms with van der Waals surface area (Å²) in [6.45, 7) is 8.11. The smallest absolute Gasteiger partial charge is 0.118 e. The molecule has 17 heavy (non-hydrogen) atoms. The van der Waals surface area contributed by atoms with Crippen molar-refractivity contribution in [3.05, 3.63) is 29.8 Å². The summed E-state index contributed by atoms with van der Waals surface area (Å²) < 4.78 is 5.21. The van der Waals surface area contributed by atoms with E-state index in [2.05, 4.69) is 49.9 Å². The highest BCUT2D eigenvalue weighted by Gasteiger charge is 2.33. The molecule has 1 aromatic rings. The number of methoxy groups -OCH3 is 1. The molecule has 0 aliphatic carbocycles. The summed E-state index contributed by atoms with van der Waals surface area (Å²) in [4.78, 5) is 2.61. The van der Waals surface area contributed by atoms with Crippen molar-refractivity contribution in [2.45, 2.75) is 45.2 Å². The molecule has 1 aliphatic heterocycles. The first-order valence-electron chi connectivity index (χ1n) is 6.43. The van der Waals surface area contributed by atoms with Crippen LogP contribution in [0.15, 0.2) is 24.3 Å². The Morgan fingerprint density at radius 2 is 1.82 bits per heavy atom. The minimum Gasteiger partial charge on any atom is -0.497 e. The maximum absolute atomic E-state index is 5.21. The molecule has 2 heteroatoms. The molecule has 1 aliphatic rings. The molecule has 1 aromatic carbocycles. The summed E-state index contributed by atoms with van der Waals surface area (Å²) >= 11 is 0. The third-order valence-corrected chi connectivity index (χ3v) is 3.62. The van der Waals surface area contributed by atoms with Gasteiger partial charge in [-0.15, -0.1) is 0 Å². The van der Waals surface area contributed by atoms with Crippen LogP contribution in [-0.2, 0) is 0 Å². The standard InChI is InChI=1S/C15H23NO/c1-15(2,3)16-11-5-6-14(16)12-7-9-13(17-4)10-8-12/h7-10,14H,5-6,11H2,1-4H3. The van der Waals surface area contributed by atoms with Crippen LogP contribution in [0.3, 0.4) is 0 Å². The number of hydrogen-bond donors (Lipinski definition) is 0. The van der Waals surface area contributed by atoms with Crippen LogP contribution in [0.5, 0.6) is 5.75 Å². The number of likely N-dealkylation sites (tertiary alicyclic amines) is 1. The van der Waals surface area contributed by atoms with Gasteiger partial charge in [-0.1, -0.05) is 12.1 Å². The summed E-state index contributed by atoms with van der Waals surface area (Å²) in [5, 5.41) is 0. The molecule has 94 valence electrons. The Bertz CT molecular complexity index is 364. The summed E-state index contributed by atoms with van der Waals surface area (Å²) in [7, 11) is 1.71. The molecule has 0 spiro atoms. The molecule has 0 radical (unpaired) electrons. The molecular weight excluding hydrogens is 210 g/mol. The van der Waals surface area contributed by atoms with Gasteiger partial charge in [0, 0.05) is 11.6 Å². The van der Waals surface area contributed by atoms with Gasteiger partial charge in [-0.25, -0.2) is 0 Å². The molecule has 0 aromatic heterocycles. The van der Waals surface area contributed by atoms with Gasteiger partial charge in [0.05, 0.1) is 7.11 Å². The second-order valence-electron chi connectivity index (χ2n) is 5.80. The summed E-state index contributed by atoms with van der Waals surface area (Å²) in [6.07, 6.45) is 2.57. The molecule has 1 saturated heterocycles. The molecular formula is C15H23NO. The van der Waals surface area contributed by atoms with Gasteiger partial charge in [0.1, 0.15) is 5.75 Å². The van der Waals surface area contributed by atoms with Gasteiger partial charge in [0.15, 0.2) is 0 Å². The zero-order valence-corrected chi connectivity index (χ0v) is 11.4. The maximum Gasteiger partial charge on any atom is 0.118 e. The van der Waals surface area contributed by atoms with Crippen molar-refractivity contribution in [2.24, 2.45) is 0 Å². The maximum atomic E-state index is 5.21. The quantitative estimate of drug-likeness (QED) is 0.773. The molecule has 1 unspecified atom stereocenters. The van der Waals surface area contributed by atoms with Gasteiger partial charge in [-0.2, -0.15) is 0 Å². The van der Waals surface area contributed by atoms with Crippen molar-refractivity contribution < 1.29 is 4.74 Å². The van der Waals surface area contributed by atoms with Gasteiger partial charge >= 0.3 is 0 Å². The van der Waals surface area contributed by atoms with E-state index in [1.807, 2.05) is 0 Å². The van der Waals surface area contributed by atoms with Crippen molar-refractivity contribution in [3.63, 3.8) is 0 Å². The molecule has 0 saturated carbocycles. The van der Waals surface area contributed by atoms with Gasteiger partial charge < -0.3 is 4.74 Å². The molecule has 1 atom stereocenters. The Labute approximate surface area is 105 Å². The molecule has 1 heterocycles. The minimum absolute atomic E-state index is 0.251. The Morgan fingerprint density at radius 1 is 1.18 bits per heavy atom. The van der Waals surface area contributed by atoms with Crippen molar-refractivity contribution in [1.29, 1.82) is 0 Å². The molecule has 0 amide bonds. The number of nitrogens with zero attached hydrogens (tertiary/aromatic N) is 1. The first-order valence-corrected chi connectivity index (χ1v) is 6.43. The van der Waals surface area contributed by atoms with E-state index >= 15 is 0 Å². The topological polar surface area (TPSA) is 12.5 Å². The lowest BCUT2D eigenvalue weighted by Gasteiger charge is -2.37. The second-order valence-corrected chi connectivity index (χ2v) is 5.80. The second kappa shape index (κ2) is 4.69.